The van der Waals surface area contributed by atoms with E-state index < -0.39 is 0 Å². The Balaban J connectivity index is 1.92. The lowest BCUT2D eigenvalue weighted by molar-refractivity contribution is 0.0736. The van der Waals surface area contributed by atoms with Crippen molar-refractivity contribution in [1.82, 2.24) is 9.88 Å². The van der Waals surface area contributed by atoms with Crippen LogP contribution in [0.5, 0.6) is 0 Å². The Labute approximate surface area is 124 Å². The van der Waals surface area contributed by atoms with Crippen molar-refractivity contribution < 1.29 is 4.79 Å². The Morgan fingerprint density at radius 1 is 1.29 bits per heavy atom. The van der Waals surface area contributed by atoms with Gasteiger partial charge in [-0.05, 0) is 49.1 Å². The Kier molecular flexibility index (Phi) is 3.60. The van der Waals surface area contributed by atoms with Crippen LogP contribution in [0.25, 0.3) is 0 Å². The summed E-state index contributed by atoms with van der Waals surface area (Å²) in [6.45, 7) is 2.70. The number of carbonyl (C=O) groups excluding carboxylic acids is 1. The number of hydrogen-bond acceptors (Lipinski definition) is 3. The van der Waals surface area contributed by atoms with Gasteiger partial charge in [0.15, 0.2) is 0 Å². The maximum absolute atomic E-state index is 12.8. The van der Waals surface area contributed by atoms with Gasteiger partial charge in [-0.25, -0.2) is 0 Å². The highest BCUT2D eigenvalue weighted by Crippen LogP contribution is 2.33. The molecule has 1 fully saturated rings. The van der Waals surface area contributed by atoms with E-state index in [1.165, 1.54) is 0 Å². The highest BCUT2D eigenvalue weighted by molar-refractivity contribution is 6.00. The molecule has 2 N–H and O–H groups in total. The Morgan fingerprint density at radius 2 is 2.05 bits per heavy atom. The molecule has 0 bridgehead atoms. The van der Waals surface area contributed by atoms with E-state index in [4.69, 9.17) is 5.73 Å². The van der Waals surface area contributed by atoms with Crippen LogP contribution < -0.4 is 5.73 Å². The monoisotopic (exact) mass is 281 g/mol. The number of anilines is 1. The van der Waals surface area contributed by atoms with Crippen LogP contribution in [0.15, 0.2) is 42.7 Å². The number of nitrogens with zero attached hydrogens (tertiary/aromatic N) is 2. The second kappa shape index (κ2) is 5.56. The SMILES string of the molecule is Cc1cccc(C(=O)N2CCCC2c2ccncc2)c1N. The zero-order valence-corrected chi connectivity index (χ0v) is 12.1. The molecule has 4 heteroatoms. The van der Waals surface area contributed by atoms with E-state index in [-0.39, 0.29) is 11.9 Å². The highest BCUT2D eigenvalue weighted by atomic mass is 16.2. The molecule has 0 spiro atoms. The molecule has 1 unspecified atom stereocenters. The third-order valence-corrected chi connectivity index (χ3v) is 4.16. The Hall–Kier alpha value is -2.36. The third-order valence-electron chi connectivity index (χ3n) is 4.16. The van der Waals surface area contributed by atoms with Gasteiger partial charge in [0.05, 0.1) is 11.6 Å². The molecule has 108 valence electrons. The minimum absolute atomic E-state index is 0.0236. The van der Waals surface area contributed by atoms with E-state index in [1.807, 2.05) is 42.2 Å². The minimum atomic E-state index is 0.0236. The molecular weight excluding hydrogens is 262 g/mol. The first-order valence-corrected chi connectivity index (χ1v) is 7.24. The predicted octanol–water partition coefficient (Wildman–Crippen LogP) is 2.95. The van der Waals surface area contributed by atoms with Crippen LogP contribution in [0.3, 0.4) is 0 Å². The maximum atomic E-state index is 12.8. The Bertz CT molecular complexity index is 654. The molecule has 1 saturated heterocycles. The number of hydrogen-bond donors (Lipinski definition) is 1. The van der Waals surface area contributed by atoms with E-state index in [2.05, 4.69) is 4.98 Å². The van der Waals surface area contributed by atoms with E-state index >= 15 is 0 Å². The first-order chi connectivity index (χ1) is 10.2. The van der Waals surface area contributed by atoms with Crippen LogP contribution >= 0.6 is 0 Å². The number of amides is 1. The number of likely N-dealkylation sites (tertiary alicyclic amines) is 1. The molecule has 0 saturated carbocycles. The van der Waals surface area contributed by atoms with Crippen molar-refractivity contribution in [2.24, 2.45) is 0 Å². The van der Waals surface area contributed by atoms with Crippen molar-refractivity contribution in [2.75, 3.05) is 12.3 Å². The predicted molar refractivity (Wildman–Crippen MR) is 82.8 cm³/mol. The standard InChI is InChI=1S/C17H19N3O/c1-12-4-2-5-14(16(12)18)17(21)20-11-3-6-15(20)13-7-9-19-10-8-13/h2,4-5,7-10,15H,3,6,11,18H2,1H3. The molecule has 2 heterocycles. The summed E-state index contributed by atoms with van der Waals surface area (Å²) in [5.41, 5.74) is 9.36. The minimum Gasteiger partial charge on any atom is -0.398 e. The van der Waals surface area contributed by atoms with Crippen LogP contribution in [0.2, 0.25) is 0 Å². The van der Waals surface area contributed by atoms with Crippen LogP contribution in [-0.2, 0) is 0 Å². The summed E-state index contributed by atoms with van der Waals surface area (Å²) < 4.78 is 0. The zero-order chi connectivity index (χ0) is 14.8. The molecule has 1 atom stereocenters. The Morgan fingerprint density at radius 3 is 2.81 bits per heavy atom. The summed E-state index contributed by atoms with van der Waals surface area (Å²) >= 11 is 0. The van der Waals surface area contributed by atoms with Crippen molar-refractivity contribution in [3.05, 3.63) is 59.4 Å². The number of benzene rings is 1. The van der Waals surface area contributed by atoms with Gasteiger partial charge in [-0.15, -0.1) is 0 Å². The summed E-state index contributed by atoms with van der Waals surface area (Å²) in [5.74, 6) is 0.0236. The average Bonchev–Trinajstić information content (AvgIpc) is 3.00. The number of nitrogen functional groups attached to an aromatic ring is 1. The molecule has 1 aliphatic heterocycles. The van der Waals surface area contributed by atoms with E-state index in [0.29, 0.717) is 11.3 Å². The summed E-state index contributed by atoms with van der Waals surface area (Å²) in [4.78, 5) is 18.8. The fraction of sp³-hybridized carbons (Fsp3) is 0.294. The van der Waals surface area contributed by atoms with Crippen LogP contribution in [-0.4, -0.2) is 22.3 Å². The number of carbonyl (C=O) groups is 1. The average molecular weight is 281 g/mol. The molecule has 3 rings (SSSR count). The second-order valence-corrected chi connectivity index (χ2v) is 5.47. The fourth-order valence-corrected chi connectivity index (χ4v) is 2.96. The van der Waals surface area contributed by atoms with Crippen LogP contribution in [0.1, 0.15) is 40.4 Å². The number of rotatable bonds is 2. The fourth-order valence-electron chi connectivity index (χ4n) is 2.96. The summed E-state index contributed by atoms with van der Waals surface area (Å²) in [5, 5.41) is 0. The smallest absolute Gasteiger partial charge is 0.256 e. The van der Waals surface area contributed by atoms with Crippen molar-refractivity contribution in [3.8, 4) is 0 Å². The molecular formula is C17H19N3O. The molecule has 1 aromatic carbocycles. The molecule has 4 nitrogen and oxygen atoms in total. The van der Waals surface area contributed by atoms with Gasteiger partial charge >= 0.3 is 0 Å². The van der Waals surface area contributed by atoms with Gasteiger partial charge in [-0.2, -0.15) is 0 Å². The third kappa shape index (κ3) is 2.49. The largest absolute Gasteiger partial charge is 0.398 e. The topological polar surface area (TPSA) is 59.2 Å². The van der Waals surface area contributed by atoms with Gasteiger partial charge in [-0.1, -0.05) is 12.1 Å². The number of nitrogens with two attached hydrogens (primary N) is 1. The molecule has 1 aliphatic rings. The van der Waals surface area contributed by atoms with Crippen molar-refractivity contribution in [1.29, 1.82) is 0 Å². The molecule has 2 aromatic rings. The molecule has 1 aromatic heterocycles. The normalized spacial score (nSPS) is 18.0. The maximum Gasteiger partial charge on any atom is 0.256 e. The quantitative estimate of drug-likeness (QED) is 0.861. The molecule has 0 aliphatic carbocycles. The number of pyridine rings is 1. The van der Waals surface area contributed by atoms with Gasteiger partial charge in [-0.3, -0.25) is 9.78 Å². The number of aromatic nitrogens is 1. The zero-order valence-electron chi connectivity index (χ0n) is 12.1. The lowest BCUT2D eigenvalue weighted by atomic mass is 10.0. The van der Waals surface area contributed by atoms with Gasteiger partial charge in [0.2, 0.25) is 0 Å². The molecule has 21 heavy (non-hydrogen) atoms. The summed E-state index contributed by atoms with van der Waals surface area (Å²) in [7, 11) is 0. The summed E-state index contributed by atoms with van der Waals surface area (Å²) in [6.07, 6.45) is 5.56. The van der Waals surface area contributed by atoms with E-state index in [9.17, 15) is 4.79 Å². The first-order valence-electron chi connectivity index (χ1n) is 7.24. The van der Waals surface area contributed by atoms with E-state index in [0.717, 1.165) is 30.5 Å². The number of para-hydroxylation sites is 1. The second-order valence-electron chi connectivity index (χ2n) is 5.47. The highest BCUT2D eigenvalue weighted by Gasteiger charge is 2.31. The first kappa shape index (κ1) is 13.6. The summed E-state index contributed by atoms with van der Waals surface area (Å²) in [6, 6.07) is 9.71. The van der Waals surface area contributed by atoms with Crippen LogP contribution in [0, 0.1) is 6.92 Å². The lowest BCUT2D eigenvalue weighted by Gasteiger charge is -2.26. The van der Waals surface area contributed by atoms with Gasteiger partial charge in [0, 0.05) is 24.6 Å². The van der Waals surface area contributed by atoms with E-state index in [1.54, 1.807) is 12.4 Å². The van der Waals surface area contributed by atoms with Gasteiger partial charge < -0.3 is 10.6 Å². The van der Waals surface area contributed by atoms with Crippen molar-refractivity contribution >= 4 is 11.6 Å². The van der Waals surface area contributed by atoms with Crippen molar-refractivity contribution in [3.63, 3.8) is 0 Å². The van der Waals surface area contributed by atoms with Gasteiger partial charge in [0.1, 0.15) is 0 Å². The van der Waals surface area contributed by atoms with Crippen molar-refractivity contribution in [2.45, 2.75) is 25.8 Å². The number of aryl methyl sites for hydroxylation is 1. The van der Waals surface area contributed by atoms with Gasteiger partial charge in [0.25, 0.3) is 5.91 Å². The lowest BCUT2D eigenvalue weighted by Crippen LogP contribution is -2.31. The molecule has 0 radical (unpaired) electrons. The molecule has 1 amide bonds. The van der Waals surface area contributed by atoms with Crippen LogP contribution in [0.4, 0.5) is 5.69 Å².